The molecule has 2 amide bonds. The summed E-state index contributed by atoms with van der Waals surface area (Å²) in [6.07, 6.45) is 4.91. The van der Waals surface area contributed by atoms with Gasteiger partial charge in [0.25, 0.3) is 10.0 Å². The summed E-state index contributed by atoms with van der Waals surface area (Å²) in [5, 5.41) is 1.28. The van der Waals surface area contributed by atoms with Gasteiger partial charge in [-0.15, -0.1) is 0 Å². The number of hydrogen-bond donors (Lipinski definition) is 1. The van der Waals surface area contributed by atoms with Crippen LogP contribution in [-0.4, -0.2) is 56.5 Å². The number of nitrogens with one attached hydrogen (secondary N) is 1. The fourth-order valence-corrected chi connectivity index (χ4v) is 6.67. The zero-order chi connectivity index (χ0) is 24.3. The van der Waals surface area contributed by atoms with Crippen LogP contribution in [0.5, 0.6) is 0 Å². The number of piperidine rings is 2. The zero-order valence-corrected chi connectivity index (χ0v) is 21.8. The number of sulfonamides is 1. The lowest BCUT2D eigenvalue weighted by atomic mass is 9.88. The van der Waals surface area contributed by atoms with E-state index in [1.54, 1.807) is 17.0 Å². The molecule has 34 heavy (non-hydrogen) atoms. The van der Waals surface area contributed by atoms with E-state index in [2.05, 4.69) is 9.62 Å². The average Bonchev–Trinajstić information content (AvgIpc) is 2.82. The maximum atomic E-state index is 12.6. The van der Waals surface area contributed by atoms with Crippen molar-refractivity contribution in [1.29, 1.82) is 0 Å². The summed E-state index contributed by atoms with van der Waals surface area (Å²) >= 11 is 18.2. The van der Waals surface area contributed by atoms with Crippen LogP contribution in [0, 0.1) is 5.92 Å². The van der Waals surface area contributed by atoms with Gasteiger partial charge in [-0.2, -0.15) is 0 Å². The fourth-order valence-electron chi connectivity index (χ4n) is 4.85. The molecule has 0 radical (unpaired) electrons. The number of likely N-dealkylation sites (tertiary alicyclic amines) is 2. The lowest BCUT2D eigenvalue weighted by Gasteiger charge is -2.41. The number of hydrogen-bond acceptors (Lipinski definition) is 4. The van der Waals surface area contributed by atoms with Gasteiger partial charge in [-0.25, -0.2) is 17.9 Å². The minimum atomic E-state index is -4.01. The molecule has 2 aromatic carbocycles. The van der Waals surface area contributed by atoms with Crippen molar-refractivity contribution in [2.24, 2.45) is 5.92 Å². The first-order valence-corrected chi connectivity index (χ1v) is 14.1. The molecule has 2 aliphatic heterocycles. The van der Waals surface area contributed by atoms with E-state index in [0.29, 0.717) is 35.1 Å². The average molecular weight is 545 g/mol. The Balaban J connectivity index is 1.24. The van der Waals surface area contributed by atoms with Gasteiger partial charge in [0.05, 0.1) is 15.1 Å². The molecule has 4 rings (SSSR count). The Labute approximate surface area is 216 Å². The topological polar surface area (TPSA) is 69.7 Å². The largest absolute Gasteiger partial charge is 0.331 e. The predicted molar refractivity (Wildman–Crippen MR) is 136 cm³/mol. The Hall–Kier alpha value is -1.51. The lowest BCUT2D eigenvalue weighted by Crippen LogP contribution is -2.51. The van der Waals surface area contributed by atoms with Crippen molar-refractivity contribution >= 4 is 50.9 Å². The summed E-state index contributed by atoms with van der Waals surface area (Å²) in [5.74, 6) is 0.620. The first-order chi connectivity index (χ1) is 16.2. The molecular formula is C24H28Cl3N3O3S. The fraction of sp³-hybridized carbons (Fsp3) is 0.458. The second-order valence-electron chi connectivity index (χ2n) is 8.99. The number of nitrogens with zero attached hydrogens (tertiary/aromatic N) is 2. The van der Waals surface area contributed by atoms with Crippen molar-refractivity contribution in [2.45, 2.75) is 43.0 Å². The third-order valence-electron chi connectivity index (χ3n) is 6.77. The van der Waals surface area contributed by atoms with Crippen LogP contribution < -0.4 is 4.72 Å². The Bertz CT molecular complexity index is 1130. The SMILES string of the molecule is O=C(NS(=O)(=O)c1ccccc1Cl)N1CCC(N2CCC(Cc3ccc(Cl)c(Cl)c3)CC2)CC1. The van der Waals surface area contributed by atoms with Crippen LogP contribution >= 0.6 is 34.8 Å². The van der Waals surface area contributed by atoms with Gasteiger partial charge in [0.2, 0.25) is 0 Å². The molecule has 0 atom stereocenters. The van der Waals surface area contributed by atoms with Gasteiger partial charge in [0.15, 0.2) is 0 Å². The molecule has 184 valence electrons. The minimum Gasteiger partial charge on any atom is -0.324 e. The maximum Gasteiger partial charge on any atom is 0.331 e. The molecule has 2 aromatic rings. The van der Waals surface area contributed by atoms with E-state index < -0.39 is 16.1 Å². The molecule has 6 nitrogen and oxygen atoms in total. The molecule has 0 unspecified atom stereocenters. The first-order valence-electron chi connectivity index (χ1n) is 11.5. The van der Waals surface area contributed by atoms with Gasteiger partial charge >= 0.3 is 6.03 Å². The van der Waals surface area contributed by atoms with E-state index in [4.69, 9.17) is 34.8 Å². The van der Waals surface area contributed by atoms with Gasteiger partial charge in [0.1, 0.15) is 4.90 Å². The number of carbonyl (C=O) groups excluding carboxylic acids is 1. The van der Waals surface area contributed by atoms with Crippen LogP contribution in [-0.2, 0) is 16.4 Å². The third-order valence-corrected chi connectivity index (χ3v) is 9.33. The highest BCUT2D eigenvalue weighted by Crippen LogP contribution is 2.29. The lowest BCUT2D eigenvalue weighted by molar-refractivity contribution is 0.0865. The number of rotatable bonds is 5. The van der Waals surface area contributed by atoms with E-state index in [1.165, 1.54) is 17.7 Å². The van der Waals surface area contributed by atoms with Crippen molar-refractivity contribution in [3.63, 3.8) is 0 Å². The highest BCUT2D eigenvalue weighted by Gasteiger charge is 2.31. The Morgan fingerprint density at radius 3 is 2.21 bits per heavy atom. The third kappa shape index (κ3) is 6.18. The Kier molecular flexibility index (Phi) is 8.31. The number of urea groups is 1. The summed E-state index contributed by atoms with van der Waals surface area (Å²) < 4.78 is 27.3. The highest BCUT2D eigenvalue weighted by molar-refractivity contribution is 7.90. The van der Waals surface area contributed by atoms with Crippen molar-refractivity contribution in [3.8, 4) is 0 Å². The molecule has 1 N–H and O–H groups in total. The molecule has 2 fully saturated rings. The van der Waals surface area contributed by atoms with Crippen molar-refractivity contribution < 1.29 is 13.2 Å². The molecule has 0 bridgehead atoms. The van der Waals surface area contributed by atoms with Crippen molar-refractivity contribution in [3.05, 3.63) is 63.1 Å². The van der Waals surface area contributed by atoms with Crippen LogP contribution in [0.25, 0.3) is 0 Å². The Morgan fingerprint density at radius 2 is 1.56 bits per heavy atom. The second kappa shape index (κ2) is 11.0. The maximum absolute atomic E-state index is 12.6. The van der Waals surface area contributed by atoms with E-state index in [-0.39, 0.29) is 9.92 Å². The molecule has 2 heterocycles. The van der Waals surface area contributed by atoms with E-state index in [1.807, 2.05) is 18.2 Å². The molecule has 0 aromatic heterocycles. The molecule has 0 aliphatic carbocycles. The molecule has 2 aliphatic rings. The standard InChI is InChI=1S/C24H28Cl3N3O3S/c25-20-6-5-18(16-22(20)27)15-17-7-11-29(12-8-17)19-9-13-30(14-10-19)24(31)28-34(32,33)23-4-2-1-3-21(23)26/h1-6,16-17,19H,7-15H2,(H,28,31). The summed E-state index contributed by atoms with van der Waals surface area (Å²) in [5.41, 5.74) is 1.22. The highest BCUT2D eigenvalue weighted by atomic mass is 35.5. The van der Waals surface area contributed by atoms with Crippen LogP contribution in [0.3, 0.4) is 0 Å². The van der Waals surface area contributed by atoms with Gasteiger partial charge in [-0.3, -0.25) is 0 Å². The summed E-state index contributed by atoms with van der Waals surface area (Å²) in [7, 11) is -4.01. The number of amides is 2. The number of benzene rings is 2. The van der Waals surface area contributed by atoms with Crippen LogP contribution in [0.4, 0.5) is 4.79 Å². The number of halogens is 3. The molecular weight excluding hydrogens is 517 g/mol. The minimum absolute atomic E-state index is 0.0871. The van der Waals surface area contributed by atoms with Crippen molar-refractivity contribution in [2.75, 3.05) is 26.2 Å². The summed E-state index contributed by atoms with van der Waals surface area (Å²) in [6.45, 7) is 3.11. The predicted octanol–water partition coefficient (Wildman–Crippen LogP) is 5.46. The number of carbonyl (C=O) groups is 1. The molecule has 10 heteroatoms. The molecule has 2 saturated heterocycles. The van der Waals surface area contributed by atoms with Gasteiger partial charge in [-0.1, -0.05) is 53.0 Å². The monoisotopic (exact) mass is 543 g/mol. The van der Waals surface area contributed by atoms with Gasteiger partial charge < -0.3 is 9.80 Å². The zero-order valence-electron chi connectivity index (χ0n) is 18.7. The normalized spacial score (nSPS) is 18.7. The van der Waals surface area contributed by atoms with E-state index >= 15 is 0 Å². The van der Waals surface area contributed by atoms with Gasteiger partial charge in [-0.05, 0) is 80.9 Å². The summed E-state index contributed by atoms with van der Waals surface area (Å²) in [4.78, 5) is 16.6. The van der Waals surface area contributed by atoms with Crippen LogP contribution in [0.1, 0.15) is 31.2 Å². The molecule has 0 saturated carbocycles. The Morgan fingerprint density at radius 1 is 0.882 bits per heavy atom. The van der Waals surface area contributed by atoms with Crippen LogP contribution in [0.2, 0.25) is 15.1 Å². The van der Waals surface area contributed by atoms with Crippen molar-refractivity contribution in [1.82, 2.24) is 14.5 Å². The smallest absolute Gasteiger partial charge is 0.324 e. The summed E-state index contributed by atoms with van der Waals surface area (Å²) in [6, 6.07) is 11.8. The van der Waals surface area contributed by atoms with Gasteiger partial charge in [0, 0.05) is 19.1 Å². The second-order valence-corrected chi connectivity index (χ2v) is 11.9. The first kappa shape index (κ1) is 25.6. The van der Waals surface area contributed by atoms with E-state index in [9.17, 15) is 13.2 Å². The quantitative estimate of drug-likeness (QED) is 0.542. The molecule has 0 spiro atoms. The van der Waals surface area contributed by atoms with E-state index in [0.717, 1.165) is 45.2 Å². The van der Waals surface area contributed by atoms with Crippen LogP contribution in [0.15, 0.2) is 47.4 Å².